The fourth-order valence-electron chi connectivity index (χ4n) is 3.97. The van der Waals surface area contributed by atoms with E-state index in [0.717, 1.165) is 35.6 Å². The first-order valence-corrected chi connectivity index (χ1v) is 9.73. The zero-order chi connectivity index (χ0) is 19.4. The molecule has 1 amide bonds. The molecule has 28 heavy (non-hydrogen) atoms. The second-order valence-electron chi connectivity index (χ2n) is 7.68. The quantitative estimate of drug-likeness (QED) is 0.693. The second kappa shape index (κ2) is 6.25. The number of fused-ring (bicyclic) bond motifs is 2. The van der Waals surface area contributed by atoms with E-state index >= 15 is 0 Å². The van der Waals surface area contributed by atoms with Crippen molar-refractivity contribution in [1.29, 1.82) is 0 Å². The largest absolute Gasteiger partial charge is 0.329 e. The number of aryl methyl sites for hydroxylation is 1. The average molecular weight is 378 g/mol. The predicted molar refractivity (Wildman–Crippen MR) is 103 cm³/mol. The number of aromatic nitrogens is 5. The van der Waals surface area contributed by atoms with E-state index in [-0.39, 0.29) is 24.1 Å². The highest BCUT2D eigenvalue weighted by molar-refractivity contribution is 5.83. The first kappa shape index (κ1) is 17.1. The number of hydrogen-bond acceptors (Lipinski definition) is 5. The highest BCUT2D eigenvalue weighted by Gasteiger charge is 2.34. The van der Waals surface area contributed by atoms with Crippen LogP contribution in [0.25, 0.3) is 10.8 Å². The molecule has 0 saturated heterocycles. The molecule has 1 atom stereocenters. The molecule has 0 spiro atoms. The molecule has 3 aromatic rings. The maximum atomic E-state index is 13.0. The predicted octanol–water partition coefficient (Wildman–Crippen LogP) is 1.78. The highest BCUT2D eigenvalue weighted by atomic mass is 16.2. The fraction of sp³-hybridized carbons (Fsp3) is 0.450. The van der Waals surface area contributed by atoms with Crippen LogP contribution in [0.3, 0.4) is 0 Å². The Hall–Kier alpha value is -3.03. The Labute approximate surface area is 161 Å². The van der Waals surface area contributed by atoms with Gasteiger partial charge in [-0.1, -0.05) is 18.2 Å². The van der Waals surface area contributed by atoms with Gasteiger partial charge < -0.3 is 4.90 Å². The Morgan fingerprint density at radius 2 is 1.89 bits per heavy atom. The second-order valence-corrected chi connectivity index (χ2v) is 7.68. The number of hydrogen-bond donors (Lipinski definition) is 0. The summed E-state index contributed by atoms with van der Waals surface area (Å²) in [4.78, 5) is 32.2. The van der Waals surface area contributed by atoms with Crippen molar-refractivity contribution in [3.63, 3.8) is 0 Å². The summed E-state index contributed by atoms with van der Waals surface area (Å²) < 4.78 is 3.20. The fourth-order valence-corrected chi connectivity index (χ4v) is 3.97. The van der Waals surface area contributed by atoms with Crippen LogP contribution >= 0.6 is 0 Å². The molecule has 1 aromatic carbocycles. The number of amides is 1. The van der Waals surface area contributed by atoms with Gasteiger partial charge in [-0.05, 0) is 32.8 Å². The van der Waals surface area contributed by atoms with Crippen LogP contribution < -0.4 is 5.56 Å². The van der Waals surface area contributed by atoms with Crippen LogP contribution in [-0.2, 0) is 17.9 Å². The molecule has 0 N–H and O–H groups in total. The van der Waals surface area contributed by atoms with E-state index in [2.05, 4.69) is 15.2 Å². The van der Waals surface area contributed by atoms with Gasteiger partial charge in [0.05, 0.1) is 23.7 Å². The minimum absolute atomic E-state index is 0.0710. The topological polar surface area (TPSA) is 85.9 Å². The first-order chi connectivity index (χ1) is 13.5. The molecule has 0 bridgehead atoms. The van der Waals surface area contributed by atoms with Gasteiger partial charge in [0.25, 0.3) is 5.56 Å². The molecule has 1 aliphatic heterocycles. The smallest absolute Gasteiger partial charge is 0.275 e. The molecule has 1 aliphatic carbocycles. The molecule has 8 heteroatoms. The monoisotopic (exact) mass is 378 g/mol. The lowest BCUT2D eigenvalue weighted by molar-refractivity contribution is -0.135. The van der Waals surface area contributed by atoms with Crippen LogP contribution in [0.5, 0.6) is 0 Å². The summed E-state index contributed by atoms with van der Waals surface area (Å²) in [6, 6.07) is 7.19. The van der Waals surface area contributed by atoms with E-state index in [1.165, 1.54) is 4.68 Å². The summed E-state index contributed by atoms with van der Waals surface area (Å²) in [5.41, 5.74) is 0.502. The van der Waals surface area contributed by atoms with Crippen LogP contribution in [0.15, 0.2) is 29.1 Å². The maximum absolute atomic E-state index is 13.0. The van der Waals surface area contributed by atoms with E-state index in [9.17, 15) is 9.59 Å². The van der Waals surface area contributed by atoms with Gasteiger partial charge in [0, 0.05) is 17.8 Å². The van der Waals surface area contributed by atoms with Gasteiger partial charge in [-0.2, -0.15) is 10.2 Å². The molecule has 2 aromatic heterocycles. The molecular weight excluding hydrogens is 356 g/mol. The van der Waals surface area contributed by atoms with Crippen molar-refractivity contribution in [3.8, 4) is 0 Å². The van der Waals surface area contributed by atoms with Gasteiger partial charge in [-0.25, -0.2) is 14.3 Å². The molecule has 3 heterocycles. The summed E-state index contributed by atoms with van der Waals surface area (Å²) in [7, 11) is 0. The molecule has 0 unspecified atom stereocenters. The van der Waals surface area contributed by atoms with Crippen molar-refractivity contribution >= 4 is 16.7 Å². The Morgan fingerprint density at radius 3 is 2.64 bits per heavy atom. The Kier molecular flexibility index (Phi) is 3.82. The molecule has 8 nitrogen and oxygen atoms in total. The van der Waals surface area contributed by atoms with E-state index in [1.807, 2.05) is 36.7 Å². The number of nitrogens with zero attached hydrogens (tertiary/aromatic N) is 6. The zero-order valence-corrected chi connectivity index (χ0v) is 16.0. The molecule has 144 valence electrons. The molecule has 1 fully saturated rings. The molecule has 0 radical (unpaired) electrons. The van der Waals surface area contributed by atoms with Crippen molar-refractivity contribution in [2.45, 2.75) is 51.7 Å². The minimum atomic E-state index is -0.238. The molecule has 5 rings (SSSR count). The lowest BCUT2D eigenvalue weighted by atomic mass is 10.1. The number of carbonyl (C=O) groups excluding carboxylic acids is 1. The van der Waals surface area contributed by atoms with E-state index in [0.29, 0.717) is 24.4 Å². The number of benzene rings is 1. The van der Waals surface area contributed by atoms with Gasteiger partial charge in [0.15, 0.2) is 5.82 Å². The summed E-state index contributed by atoms with van der Waals surface area (Å²) in [6.45, 7) is 4.94. The Balaban J connectivity index is 1.42. The first-order valence-electron chi connectivity index (χ1n) is 9.73. The van der Waals surface area contributed by atoms with Crippen molar-refractivity contribution < 1.29 is 4.79 Å². The summed E-state index contributed by atoms with van der Waals surface area (Å²) in [6.07, 6.45) is 2.30. The minimum Gasteiger partial charge on any atom is -0.329 e. The van der Waals surface area contributed by atoms with Gasteiger partial charge in [-0.15, -0.1) is 0 Å². The van der Waals surface area contributed by atoms with Crippen LogP contribution in [0.1, 0.15) is 49.1 Å². The molecule has 1 saturated carbocycles. The molecular formula is C20H22N6O2. The highest BCUT2D eigenvalue weighted by Crippen LogP contribution is 2.39. The normalized spacial score (nSPS) is 19.1. The Bertz CT molecular complexity index is 1140. The summed E-state index contributed by atoms with van der Waals surface area (Å²) in [5, 5.41) is 10.4. The maximum Gasteiger partial charge on any atom is 0.275 e. The molecule has 2 aliphatic rings. The van der Waals surface area contributed by atoms with Crippen molar-refractivity contribution in [2.24, 2.45) is 0 Å². The van der Waals surface area contributed by atoms with Crippen molar-refractivity contribution in [2.75, 3.05) is 6.54 Å². The lowest BCUT2D eigenvalue weighted by Gasteiger charge is -2.33. The third-order valence-corrected chi connectivity index (χ3v) is 5.71. The summed E-state index contributed by atoms with van der Waals surface area (Å²) >= 11 is 0. The average Bonchev–Trinajstić information content (AvgIpc) is 3.45. The van der Waals surface area contributed by atoms with Crippen LogP contribution in [0, 0.1) is 6.92 Å². The SMILES string of the molecule is Cc1nn(CC(=O)N2CCn3nc(C4CC4)nc3[C@H]2C)c(=O)c2ccccc12. The number of rotatable bonds is 3. The standard InChI is InChI=1S/C20H22N6O2/c1-12-15-5-3-4-6-16(15)20(28)26(22-12)11-17(27)24-9-10-25-19(13(24)2)21-18(23-25)14-7-8-14/h3-6,13-14H,7-11H2,1-2H3/t13-/m1/s1. The van der Waals surface area contributed by atoms with Crippen LogP contribution in [0.4, 0.5) is 0 Å². The van der Waals surface area contributed by atoms with Crippen LogP contribution in [0.2, 0.25) is 0 Å². The van der Waals surface area contributed by atoms with Gasteiger partial charge in [0.2, 0.25) is 5.91 Å². The van der Waals surface area contributed by atoms with E-state index < -0.39 is 0 Å². The van der Waals surface area contributed by atoms with Gasteiger partial charge >= 0.3 is 0 Å². The third kappa shape index (κ3) is 2.71. The number of carbonyl (C=O) groups is 1. The summed E-state index contributed by atoms with van der Waals surface area (Å²) in [5.74, 6) is 2.09. The Morgan fingerprint density at radius 1 is 1.14 bits per heavy atom. The van der Waals surface area contributed by atoms with Crippen LogP contribution in [-0.4, -0.2) is 41.9 Å². The third-order valence-electron chi connectivity index (χ3n) is 5.71. The van der Waals surface area contributed by atoms with Crippen molar-refractivity contribution in [1.82, 2.24) is 29.4 Å². The van der Waals surface area contributed by atoms with E-state index in [1.54, 1.807) is 11.0 Å². The van der Waals surface area contributed by atoms with Crippen molar-refractivity contribution in [3.05, 3.63) is 52.0 Å². The van der Waals surface area contributed by atoms with Gasteiger partial charge in [-0.3, -0.25) is 9.59 Å². The zero-order valence-electron chi connectivity index (χ0n) is 16.0. The van der Waals surface area contributed by atoms with Gasteiger partial charge in [0.1, 0.15) is 12.4 Å². The van der Waals surface area contributed by atoms with E-state index in [4.69, 9.17) is 0 Å². The lowest BCUT2D eigenvalue weighted by Crippen LogP contribution is -2.44.